The molecule has 1 aromatic heterocycles. The van der Waals surface area contributed by atoms with Crippen LogP contribution < -0.4 is 5.73 Å². The first-order valence-electron chi connectivity index (χ1n) is 3.20. The minimum Gasteiger partial charge on any atom is -0.396 e. The summed E-state index contributed by atoms with van der Waals surface area (Å²) in [6.45, 7) is 0. The van der Waals surface area contributed by atoms with Gasteiger partial charge in [0.05, 0.1) is 14.8 Å². The second-order valence-corrected chi connectivity index (χ2v) is 3.28. The summed E-state index contributed by atoms with van der Waals surface area (Å²) in [5, 5.41) is 8.53. The Balaban J connectivity index is 3.33. The summed E-state index contributed by atoms with van der Waals surface area (Å²) in [4.78, 5) is 3.41. The molecule has 0 atom stereocenters. The maximum Gasteiger partial charge on any atom is 0.282 e. The molecule has 0 spiro atoms. The fourth-order valence-electron chi connectivity index (χ4n) is 0.770. The summed E-state index contributed by atoms with van der Waals surface area (Å²) in [5.41, 5.74) is 4.98. The van der Waals surface area contributed by atoms with Crippen LogP contribution in [0.4, 0.5) is 14.5 Å². The maximum absolute atomic E-state index is 12.2. The lowest BCUT2D eigenvalue weighted by molar-refractivity contribution is 0.147. The van der Waals surface area contributed by atoms with E-state index in [-0.39, 0.29) is 11.3 Å². The Morgan fingerprint density at radius 2 is 2.23 bits per heavy atom. The first-order chi connectivity index (χ1) is 6.07. The van der Waals surface area contributed by atoms with E-state index in [2.05, 4.69) is 4.98 Å². The second-order valence-electron chi connectivity index (χ2n) is 2.20. The van der Waals surface area contributed by atoms with E-state index in [1.165, 1.54) is 0 Å². The van der Waals surface area contributed by atoms with Crippen LogP contribution in [-0.2, 0) is 0 Å². The van der Waals surface area contributed by atoms with Crippen molar-refractivity contribution >= 4 is 28.3 Å². The van der Waals surface area contributed by atoms with Gasteiger partial charge in [-0.25, -0.2) is 8.78 Å². The zero-order chi connectivity index (χ0) is 10.0. The molecule has 0 aliphatic carbocycles. The van der Waals surface area contributed by atoms with Crippen LogP contribution in [0.3, 0.4) is 0 Å². The molecule has 2 N–H and O–H groups in total. The van der Waals surface area contributed by atoms with Crippen LogP contribution in [-0.4, -0.2) is 4.98 Å². The van der Waals surface area contributed by atoms with Gasteiger partial charge in [-0.2, -0.15) is 5.26 Å². The molecule has 0 radical (unpaired) electrons. The van der Waals surface area contributed by atoms with Crippen molar-refractivity contribution in [1.82, 2.24) is 4.98 Å². The number of pyridine rings is 1. The third-order valence-electron chi connectivity index (χ3n) is 1.41. The number of nitrogen functional groups attached to an aromatic ring is 1. The van der Waals surface area contributed by atoms with Crippen molar-refractivity contribution in [3.05, 3.63) is 21.0 Å². The van der Waals surface area contributed by atoms with Crippen LogP contribution in [0.2, 0.25) is 0 Å². The highest BCUT2D eigenvalue weighted by Gasteiger charge is 2.17. The van der Waals surface area contributed by atoms with Gasteiger partial charge in [0.2, 0.25) is 0 Å². The molecule has 1 rings (SSSR count). The second kappa shape index (κ2) is 3.83. The van der Waals surface area contributed by atoms with E-state index in [0.717, 1.165) is 6.20 Å². The summed E-state index contributed by atoms with van der Waals surface area (Å²) in [5.74, 6) is 0. The van der Waals surface area contributed by atoms with Gasteiger partial charge in [-0.15, -0.1) is 0 Å². The van der Waals surface area contributed by atoms with Gasteiger partial charge in [0.15, 0.2) is 0 Å². The van der Waals surface area contributed by atoms with E-state index in [4.69, 9.17) is 11.0 Å². The Bertz CT molecular complexity index is 373. The molecule has 13 heavy (non-hydrogen) atoms. The summed E-state index contributed by atoms with van der Waals surface area (Å²) in [6.07, 6.45) is -1.61. The lowest BCUT2D eigenvalue weighted by Crippen LogP contribution is -2.02. The maximum atomic E-state index is 12.2. The number of alkyl halides is 2. The average molecular weight is 295 g/mol. The largest absolute Gasteiger partial charge is 0.396 e. The van der Waals surface area contributed by atoms with Crippen molar-refractivity contribution in [3.63, 3.8) is 0 Å². The standard InChI is InChI=1S/C7H4F2IN3/c8-7(9)6-5(12)4(10)3(1-11)2-13-6/h2,7H,12H2. The van der Waals surface area contributed by atoms with Crippen LogP contribution in [0, 0.1) is 14.9 Å². The van der Waals surface area contributed by atoms with Gasteiger partial charge >= 0.3 is 0 Å². The van der Waals surface area contributed by atoms with Gasteiger partial charge in [-0.05, 0) is 22.6 Å². The number of nitrogens with two attached hydrogens (primary N) is 1. The lowest BCUT2D eigenvalue weighted by atomic mass is 10.2. The summed E-state index contributed by atoms with van der Waals surface area (Å²) in [7, 11) is 0. The number of halogens is 3. The van der Waals surface area contributed by atoms with Gasteiger partial charge in [-0.1, -0.05) is 0 Å². The van der Waals surface area contributed by atoms with Crippen molar-refractivity contribution in [2.75, 3.05) is 5.73 Å². The number of rotatable bonds is 1. The highest BCUT2D eigenvalue weighted by molar-refractivity contribution is 14.1. The molecule has 0 unspecified atom stereocenters. The van der Waals surface area contributed by atoms with Gasteiger partial charge in [0.1, 0.15) is 11.8 Å². The summed E-state index contributed by atoms with van der Waals surface area (Å²) >= 11 is 1.74. The molecule has 0 amide bonds. The highest BCUT2D eigenvalue weighted by Crippen LogP contribution is 2.28. The van der Waals surface area contributed by atoms with Gasteiger partial charge in [-0.3, -0.25) is 4.98 Å². The Morgan fingerprint density at radius 1 is 1.62 bits per heavy atom. The molecule has 0 saturated heterocycles. The van der Waals surface area contributed by atoms with Crippen molar-refractivity contribution in [2.24, 2.45) is 0 Å². The SMILES string of the molecule is N#Cc1cnc(C(F)F)c(N)c1I. The smallest absolute Gasteiger partial charge is 0.282 e. The molecule has 0 bridgehead atoms. The van der Waals surface area contributed by atoms with E-state index >= 15 is 0 Å². The van der Waals surface area contributed by atoms with Crippen LogP contribution in [0.15, 0.2) is 6.20 Å². The quantitative estimate of drug-likeness (QED) is 0.807. The first kappa shape index (κ1) is 10.1. The van der Waals surface area contributed by atoms with E-state index in [1.54, 1.807) is 22.6 Å². The molecule has 3 nitrogen and oxygen atoms in total. The van der Waals surface area contributed by atoms with E-state index in [1.807, 2.05) is 6.07 Å². The van der Waals surface area contributed by atoms with Crippen molar-refractivity contribution in [3.8, 4) is 6.07 Å². The van der Waals surface area contributed by atoms with Crippen LogP contribution in [0.25, 0.3) is 0 Å². The number of hydrogen-bond donors (Lipinski definition) is 1. The van der Waals surface area contributed by atoms with Crippen molar-refractivity contribution in [2.45, 2.75) is 6.43 Å². The third kappa shape index (κ3) is 1.85. The number of nitriles is 1. The molecule has 1 aromatic rings. The van der Waals surface area contributed by atoms with Crippen LogP contribution >= 0.6 is 22.6 Å². The number of hydrogen-bond acceptors (Lipinski definition) is 3. The minimum atomic E-state index is -2.71. The molecule has 0 fully saturated rings. The highest BCUT2D eigenvalue weighted by atomic mass is 127. The molecular weight excluding hydrogens is 291 g/mol. The van der Waals surface area contributed by atoms with E-state index in [0.29, 0.717) is 3.57 Å². The summed E-state index contributed by atoms with van der Waals surface area (Å²) < 4.78 is 24.8. The zero-order valence-corrected chi connectivity index (χ0v) is 8.42. The van der Waals surface area contributed by atoms with Crippen LogP contribution in [0.1, 0.15) is 17.7 Å². The topological polar surface area (TPSA) is 62.7 Å². The van der Waals surface area contributed by atoms with E-state index in [9.17, 15) is 8.78 Å². The lowest BCUT2D eigenvalue weighted by Gasteiger charge is -2.05. The molecular formula is C7H4F2IN3. The molecule has 0 aliphatic rings. The normalized spacial score (nSPS) is 10.1. The third-order valence-corrected chi connectivity index (χ3v) is 2.57. The number of anilines is 1. The predicted octanol–water partition coefficient (Wildman–Crippen LogP) is 2.08. The van der Waals surface area contributed by atoms with E-state index < -0.39 is 12.1 Å². The number of nitrogens with zero attached hydrogens (tertiary/aromatic N) is 2. The molecule has 6 heteroatoms. The first-order valence-corrected chi connectivity index (χ1v) is 4.28. The van der Waals surface area contributed by atoms with Gasteiger partial charge in [0, 0.05) is 6.20 Å². The van der Waals surface area contributed by atoms with Crippen molar-refractivity contribution in [1.29, 1.82) is 5.26 Å². The Kier molecular flexibility index (Phi) is 2.98. The molecule has 68 valence electrons. The van der Waals surface area contributed by atoms with Crippen molar-refractivity contribution < 1.29 is 8.78 Å². The molecule has 1 heterocycles. The van der Waals surface area contributed by atoms with Crippen LogP contribution in [0.5, 0.6) is 0 Å². The molecule has 0 aliphatic heterocycles. The zero-order valence-electron chi connectivity index (χ0n) is 6.26. The predicted molar refractivity (Wildman–Crippen MR) is 51.0 cm³/mol. The Hall–Kier alpha value is -0.970. The van der Waals surface area contributed by atoms with Gasteiger partial charge in [0.25, 0.3) is 6.43 Å². The summed E-state index contributed by atoms with van der Waals surface area (Å²) in [6, 6.07) is 1.81. The molecule has 0 saturated carbocycles. The average Bonchev–Trinajstić information content (AvgIpc) is 2.09. The monoisotopic (exact) mass is 295 g/mol. The Morgan fingerprint density at radius 3 is 2.69 bits per heavy atom. The fraction of sp³-hybridized carbons (Fsp3) is 0.143. The number of aromatic nitrogens is 1. The van der Waals surface area contributed by atoms with Gasteiger partial charge < -0.3 is 5.73 Å². The molecule has 0 aromatic carbocycles. The Labute approximate surface area is 86.7 Å². The fourth-order valence-corrected chi connectivity index (χ4v) is 1.31. The minimum absolute atomic E-state index is 0.116.